The summed E-state index contributed by atoms with van der Waals surface area (Å²) in [5.41, 5.74) is 2.23. The van der Waals surface area contributed by atoms with Crippen molar-refractivity contribution in [3.05, 3.63) is 72.6 Å². The molecule has 0 radical (unpaired) electrons. The molecule has 1 aromatic heterocycles. The van der Waals surface area contributed by atoms with Crippen molar-refractivity contribution >= 4 is 28.9 Å². The van der Waals surface area contributed by atoms with E-state index in [0.717, 1.165) is 49.0 Å². The fourth-order valence-corrected chi connectivity index (χ4v) is 3.48. The van der Waals surface area contributed by atoms with Crippen molar-refractivity contribution in [1.82, 2.24) is 9.97 Å². The minimum Gasteiger partial charge on any atom is -0.356 e. The van der Waals surface area contributed by atoms with E-state index in [-0.39, 0.29) is 5.91 Å². The molecule has 3 aromatic rings. The second-order valence-corrected chi connectivity index (χ2v) is 7.42. The van der Waals surface area contributed by atoms with Crippen molar-refractivity contribution in [2.45, 2.75) is 19.8 Å². The van der Waals surface area contributed by atoms with Gasteiger partial charge in [-0.25, -0.2) is 9.97 Å². The second-order valence-electron chi connectivity index (χ2n) is 7.42. The molecule has 2 aromatic carbocycles. The number of hydrogen-bond acceptors (Lipinski definition) is 5. The van der Waals surface area contributed by atoms with Gasteiger partial charge in [-0.2, -0.15) is 0 Å². The Morgan fingerprint density at radius 3 is 2.52 bits per heavy atom. The Morgan fingerprint density at radius 2 is 1.72 bits per heavy atom. The molecule has 0 unspecified atom stereocenters. The van der Waals surface area contributed by atoms with E-state index in [0.29, 0.717) is 11.4 Å². The molecule has 0 saturated carbocycles. The molecule has 1 aliphatic rings. The number of rotatable bonds is 5. The molecule has 0 atom stereocenters. The van der Waals surface area contributed by atoms with E-state index in [1.54, 1.807) is 6.07 Å². The van der Waals surface area contributed by atoms with Crippen LogP contribution in [0, 0.1) is 5.92 Å². The summed E-state index contributed by atoms with van der Waals surface area (Å²) in [5.74, 6) is 1.91. The first-order valence-electron chi connectivity index (χ1n) is 9.98. The number of benzene rings is 2. The maximum absolute atomic E-state index is 12.9. The van der Waals surface area contributed by atoms with Crippen LogP contribution in [0.15, 0.2) is 67.0 Å². The molecule has 6 heteroatoms. The number of anilines is 4. The van der Waals surface area contributed by atoms with E-state index < -0.39 is 0 Å². The highest BCUT2D eigenvalue weighted by Crippen LogP contribution is 2.24. The number of hydrogen-bond donors (Lipinski definition) is 2. The minimum absolute atomic E-state index is 0.207. The minimum atomic E-state index is -0.207. The predicted octanol–water partition coefficient (Wildman–Crippen LogP) is 4.71. The molecule has 2 heterocycles. The maximum atomic E-state index is 12.9. The zero-order chi connectivity index (χ0) is 20.1. The summed E-state index contributed by atoms with van der Waals surface area (Å²) in [6.45, 7) is 4.24. The molecular formula is C23H25N5O. The van der Waals surface area contributed by atoms with Gasteiger partial charge >= 0.3 is 0 Å². The summed E-state index contributed by atoms with van der Waals surface area (Å²) in [5, 5.41) is 6.22. The van der Waals surface area contributed by atoms with Gasteiger partial charge in [-0.15, -0.1) is 0 Å². The summed E-state index contributed by atoms with van der Waals surface area (Å²) in [4.78, 5) is 23.8. The number of nitrogens with zero attached hydrogens (tertiary/aromatic N) is 3. The average Bonchev–Trinajstić information content (AvgIpc) is 2.75. The van der Waals surface area contributed by atoms with Crippen LogP contribution in [0.1, 0.15) is 30.1 Å². The smallest absolute Gasteiger partial charge is 0.258 e. The van der Waals surface area contributed by atoms with Gasteiger partial charge in [0.2, 0.25) is 0 Å². The van der Waals surface area contributed by atoms with Crippen molar-refractivity contribution in [3.63, 3.8) is 0 Å². The van der Waals surface area contributed by atoms with Crippen molar-refractivity contribution in [3.8, 4) is 0 Å². The summed E-state index contributed by atoms with van der Waals surface area (Å²) in [6.07, 6.45) is 3.82. The number of amides is 1. The highest BCUT2D eigenvalue weighted by molar-refractivity contribution is 6.08. The molecule has 148 valence electrons. The highest BCUT2D eigenvalue weighted by Gasteiger charge is 2.18. The van der Waals surface area contributed by atoms with Gasteiger partial charge < -0.3 is 15.5 Å². The van der Waals surface area contributed by atoms with Crippen LogP contribution in [-0.4, -0.2) is 29.0 Å². The number of para-hydroxylation sites is 2. The molecular weight excluding hydrogens is 362 g/mol. The van der Waals surface area contributed by atoms with Gasteiger partial charge in [0, 0.05) is 24.8 Å². The molecule has 0 spiro atoms. The molecule has 1 saturated heterocycles. The van der Waals surface area contributed by atoms with E-state index in [1.165, 1.54) is 6.33 Å². The first-order chi connectivity index (χ1) is 14.2. The SMILES string of the molecule is CC1CCN(c2cc(NC(=O)c3ccccc3Nc3ccccc3)ncn2)CC1. The third kappa shape index (κ3) is 4.71. The summed E-state index contributed by atoms with van der Waals surface area (Å²) in [7, 11) is 0. The van der Waals surface area contributed by atoms with Crippen LogP contribution in [-0.2, 0) is 0 Å². The topological polar surface area (TPSA) is 70.2 Å². The van der Waals surface area contributed by atoms with Crippen LogP contribution >= 0.6 is 0 Å². The molecule has 0 bridgehead atoms. The van der Waals surface area contributed by atoms with Gasteiger partial charge in [-0.3, -0.25) is 4.79 Å². The van der Waals surface area contributed by atoms with Crippen LogP contribution in [0.4, 0.5) is 23.0 Å². The fraction of sp³-hybridized carbons (Fsp3) is 0.261. The first-order valence-corrected chi connectivity index (χ1v) is 9.98. The molecule has 2 N–H and O–H groups in total. The lowest BCUT2D eigenvalue weighted by Crippen LogP contribution is -2.33. The van der Waals surface area contributed by atoms with E-state index in [9.17, 15) is 4.79 Å². The third-order valence-electron chi connectivity index (χ3n) is 5.23. The van der Waals surface area contributed by atoms with Crippen molar-refractivity contribution in [2.24, 2.45) is 5.92 Å². The summed E-state index contributed by atoms with van der Waals surface area (Å²) < 4.78 is 0. The van der Waals surface area contributed by atoms with Gasteiger partial charge in [0.05, 0.1) is 11.3 Å². The van der Waals surface area contributed by atoms with Crippen LogP contribution in [0.5, 0.6) is 0 Å². The first kappa shape index (κ1) is 18.9. The summed E-state index contributed by atoms with van der Waals surface area (Å²) in [6, 6.07) is 19.1. The standard InChI is InChI=1S/C23H25N5O/c1-17-11-13-28(14-12-17)22-15-21(24-16-25-22)27-23(29)19-9-5-6-10-20(19)26-18-7-3-2-4-8-18/h2-10,15-17,26H,11-14H2,1H3,(H,24,25,27,29). The van der Waals surface area contributed by atoms with Crippen molar-refractivity contribution in [2.75, 3.05) is 28.6 Å². The number of carbonyl (C=O) groups excluding carboxylic acids is 1. The number of piperidine rings is 1. The van der Waals surface area contributed by atoms with Crippen LogP contribution in [0.3, 0.4) is 0 Å². The van der Waals surface area contributed by atoms with Gasteiger partial charge in [0.1, 0.15) is 18.0 Å². The van der Waals surface area contributed by atoms with E-state index in [1.807, 2.05) is 54.6 Å². The lowest BCUT2D eigenvalue weighted by atomic mass is 9.99. The van der Waals surface area contributed by atoms with Crippen molar-refractivity contribution < 1.29 is 4.79 Å². The highest BCUT2D eigenvalue weighted by atomic mass is 16.1. The van der Waals surface area contributed by atoms with Crippen LogP contribution in [0.2, 0.25) is 0 Å². The molecule has 1 aliphatic heterocycles. The second kappa shape index (κ2) is 8.73. The average molecular weight is 387 g/mol. The Balaban J connectivity index is 1.49. The van der Waals surface area contributed by atoms with E-state index in [2.05, 4.69) is 32.4 Å². The lowest BCUT2D eigenvalue weighted by Gasteiger charge is -2.31. The Hall–Kier alpha value is -3.41. The van der Waals surface area contributed by atoms with Gasteiger partial charge in [-0.05, 0) is 43.0 Å². The van der Waals surface area contributed by atoms with E-state index in [4.69, 9.17) is 0 Å². The molecule has 29 heavy (non-hydrogen) atoms. The molecule has 4 rings (SSSR count). The normalized spacial score (nSPS) is 14.4. The zero-order valence-corrected chi connectivity index (χ0v) is 16.5. The quantitative estimate of drug-likeness (QED) is 0.663. The van der Waals surface area contributed by atoms with Gasteiger partial charge in [-0.1, -0.05) is 37.3 Å². The molecule has 1 amide bonds. The summed E-state index contributed by atoms with van der Waals surface area (Å²) >= 11 is 0. The van der Waals surface area contributed by atoms with Crippen LogP contribution < -0.4 is 15.5 Å². The Kier molecular flexibility index (Phi) is 5.70. The zero-order valence-electron chi connectivity index (χ0n) is 16.5. The number of aromatic nitrogens is 2. The van der Waals surface area contributed by atoms with Crippen LogP contribution in [0.25, 0.3) is 0 Å². The van der Waals surface area contributed by atoms with Gasteiger partial charge in [0.15, 0.2) is 0 Å². The van der Waals surface area contributed by atoms with Gasteiger partial charge in [0.25, 0.3) is 5.91 Å². The lowest BCUT2D eigenvalue weighted by molar-refractivity contribution is 0.102. The molecule has 1 fully saturated rings. The fourth-order valence-electron chi connectivity index (χ4n) is 3.48. The monoisotopic (exact) mass is 387 g/mol. The van der Waals surface area contributed by atoms with Crippen molar-refractivity contribution in [1.29, 1.82) is 0 Å². The molecule has 0 aliphatic carbocycles. The predicted molar refractivity (Wildman–Crippen MR) is 117 cm³/mol. The largest absolute Gasteiger partial charge is 0.356 e. The third-order valence-corrected chi connectivity index (χ3v) is 5.23. The Labute approximate surface area is 171 Å². The number of carbonyl (C=O) groups is 1. The number of nitrogens with one attached hydrogen (secondary N) is 2. The maximum Gasteiger partial charge on any atom is 0.258 e. The Morgan fingerprint density at radius 1 is 1.00 bits per heavy atom. The Bertz CT molecular complexity index is 968. The molecule has 6 nitrogen and oxygen atoms in total. The van der Waals surface area contributed by atoms with E-state index >= 15 is 0 Å².